The highest BCUT2D eigenvalue weighted by Crippen LogP contribution is 2.29. The van der Waals surface area contributed by atoms with Crippen molar-refractivity contribution < 1.29 is 15.0 Å². The minimum Gasteiger partial charge on any atom is -0.508 e. The van der Waals surface area contributed by atoms with Crippen molar-refractivity contribution in [2.75, 3.05) is 4.90 Å². The number of nitrogens with zero attached hydrogens (tertiary/aromatic N) is 3. The summed E-state index contributed by atoms with van der Waals surface area (Å²) < 4.78 is 0. The Hall–Kier alpha value is -4.19. The zero-order valence-electron chi connectivity index (χ0n) is 16.9. The second-order valence-corrected chi connectivity index (χ2v) is 7.12. The Bertz CT molecular complexity index is 1210. The van der Waals surface area contributed by atoms with Gasteiger partial charge in [-0.1, -0.05) is 42.5 Å². The molecular weight excluding hydrogens is 390 g/mol. The SMILES string of the molecule is Cc1nccnc1-c1ccc(N(Cc2ccccc2)C(=O)c2ccc(O)cc2O)cc1. The lowest BCUT2D eigenvalue weighted by Gasteiger charge is -2.24. The van der Waals surface area contributed by atoms with Gasteiger partial charge in [0.1, 0.15) is 11.5 Å². The van der Waals surface area contributed by atoms with Crippen molar-refractivity contribution in [2.24, 2.45) is 0 Å². The van der Waals surface area contributed by atoms with E-state index in [-0.39, 0.29) is 23.0 Å². The first-order valence-corrected chi connectivity index (χ1v) is 9.79. The van der Waals surface area contributed by atoms with Crippen molar-refractivity contribution in [1.82, 2.24) is 9.97 Å². The monoisotopic (exact) mass is 411 g/mol. The molecule has 0 aliphatic rings. The Morgan fingerprint density at radius 3 is 2.29 bits per heavy atom. The number of phenolic OH excluding ortho intramolecular Hbond substituents is 2. The molecule has 0 aliphatic heterocycles. The van der Waals surface area contributed by atoms with Crippen LogP contribution < -0.4 is 4.90 Å². The van der Waals surface area contributed by atoms with E-state index in [9.17, 15) is 15.0 Å². The zero-order valence-corrected chi connectivity index (χ0v) is 16.9. The van der Waals surface area contributed by atoms with E-state index in [1.54, 1.807) is 17.3 Å². The third-order valence-electron chi connectivity index (χ3n) is 4.97. The molecule has 4 aromatic rings. The zero-order chi connectivity index (χ0) is 21.8. The van der Waals surface area contributed by atoms with E-state index in [4.69, 9.17) is 0 Å². The fourth-order valence-corrected chi connectivity index (χ4v) is 3.38. The second kappa shape index (κ2) is 8.67. The number of hydrogen-bond donors (Lipinski definition) is 2. The number of aryl methyl sites for hydroxylation is 1. The number of phenols is 2. The Kier molecular flexibility index (Phi) is 5.62. The number of aromatic nitrogens is 2. The summed E-state index contributed by atoms with van der Waals surface area (Å²) in [7, 11) is 0. The predicted molar refractivity (Wildman–Crippen MR) is 119 cm³/mol. The van der Waals surface area contributed by atoms with Gasteiger partial charge in [-0.25, -0.2) is 0 Å². The third kappa shape index (κ3) is 4.38. The molecule has 31 heavy (non-hydrogen) atoms. The molecule has 2 N–H and O–H groups in total. The molecule has 0 saturated carbocycles. The fourth-order valence-electron chi connectivity index (χ4n) is 3.38. The van der Waals surface area contributed by atoms with Crippen LogP contribution in [0.25, 0.3) is 11.3 Å². The van der Waals surface area contributed by atoms with E-state index in [0.29, 0.717) is 12.2 Å². The first-order valence-electron chi connectivity index (χ1n) is 9.79. The van der Waals surface area contributed by atoms with Gasteiger partial charge < -0.3 is 15.1 Å². The van der Waals surface area contributed by atoms with Crippen LogP contribution in [0.1, 0.15) is 21.6 Å². The number of rotatable bonds is 5. The van der Waals surface area contributed by atoms with Gasteiger partial charge in [0.25, 0.3) is 5.91 Å². The highest BCUT2D eigenvalue weighted by Gasteiger charge is 2.21. The number of amides is 1. The van der Waals surface area contributed by atoms with Gasteiger partial charge in [0.2, 0.25) is 0 Å². The minimum atomic E-state index is -0.371. The molecule has 6 nitrogen and oxygen atoms in total. The highest BCUT2D eigenvalue weighted by atomic mass is 16.3. The number of benzene rings is 3. The molecule has 0 fully saturated rings. The number of carbonyl (C=O) groups is 1. The van der Waals surface area contributed by atoms with Crippen LogP contribution in [0.5, 0.6) is 11.5 Å². The van der Waals surface area contributed by atoms with Crippen LogP contribution in [0.3, 0.4) is 0 Å². The van der Waals surface area contributed by atoms with E-state index in [0.717, 1.165) is 28.6 Å². The largest absolute Gasteiger partial charge is 0.508 e. The van der Waals surface area contributed by atoms with Gasteiger partial charge in [-0.3, -0.25) is 14.8 Å². The van der Waals surface area contributed by atoms with Crippen LogP contribution in [0.2, 0.25) is 0 Å². The van der Waals surface area contributed by atoms with Gasteiger partial charge in [-0.15, -0.1) is 0 Å². The smallest absolute Gasteiger partial charge is 0.262 e. The second-order valence-electron chi connectivity index (χ2n) is 7.12. The molecule has 0 bridgehead atoms. The summed E-state index contributed by atoms with van der Waals surface area (Å²) in [5.74, 6) is -0.744. The van der Waals surface area contributed by atoms with Crippen molar-refractivity contribution in [3.63, 3.8) is 0 Å². The van der Waals surface area contributed by atoms with Crippen LogP contribution in [0, 0.1) is 6.92 Å². The molecule has 0 saturated heterocycles. The molecule has 0 radical (unpaired) electrons. The van der Waals surface area contributed by atoms with E-state index >= 15 is 0 Å². The lowest BCUT2D eigenvalue weighted by Crippen LogP contribution is -2.30. The van der Waals surface area contributed by atoms with Gasteiger partial charge in [0.05, 0.1) is 23.5 Å². The summed E-state index contributed by atoms with van der Waals surface area (Å²) in [4.78, 5) is 23.6. The molecule has 154 valence electrons. The lowest BCUT2D eigenvalue weighted by molar-refractivity contribution is 0.0982. The first kappa shape index (κ1) is 20.1. The Morgan fingerprint density at radius 2 is 1.61 bits per heavy atom. The topological polar surface area (TPSA) is 86.6 Å². The average molecular weight is 411 g/mol. The Morgan fingerprint density at radius 1 is 0.903 bits per heavy atom. The van der Waals surface area contributed by atoms with Crippen molar-refractivity contribution in [1.29, 1.82) is 0 Å². The normalized spacial score (nSPS) is 10.6. The summed E-state index contributed by atoms with van der Waals surface area (Å²) >= 11 is 0. The molecule has 3 aromatic carbocycles. The summed E-state index contributed by atoms with van der Waals surface area (Å²) in [6, 6.07) is 21.1. The van der Waals surface area contributed by atoms with Crippen molar-refractivity contribution in [3.8, 4) is 22.8 Å². The molecule has 0 aliphatic carbocycles. The van der Waals surface area contributed by atoms with Gasteiger partial charge in [0, 0.05) is 29.7 Å². The Balaban J connectivity index is 1.72. The van der Waals surface area contributed by atoms with Crippen molar-refractivity contribution in [3.05, 3.63) is 102 Å². The number of anilines is 1. The molecule has 0 unspecified atom stereocenters. The molecule has 0 spiro atoms. The molecule has 1 aromatic heterocycles. The van der Waals surface area contributed by atoms with Crippen molar-refractivity contribution >= 4 is 11.6 Å². The Labute approximate surface area is 180 Å². The summed E-state index contributed by atoms with van der Waals surface area (Å²) in [6.45, 7) is 2.22. The van der Waals surface area contributed by atoms with E-state index in [1.807, 2.05) is 61.5 Å². The van der Waals surface area contributed by atoms with E-state index in [1.165, 1.54) is 12.1 Å². The fraction of sp³-hybridized carbons (Fsp3) is 0.0800. The maximum absolute atomic E-state index is 13.4. The summed E-state index contributed by atoms with van der Waals surface area (Å²) in [5.41, 5.74) is 4.23. The number of carbonyl (C=O) groups excluding carboxylic acids is 1. The van der Waals surface area contributed by atoms with E-state index in [2.05, 4.69) is 9.97 Å². The molecule has 4 rings (SSSR count). The van der Waals surface area contributed by atoms with Crippen LogP contribution in [-0.2, 0) is 6.54 Å². The van der Waals surface area contributed by atoms with Gasteiger partial charge >= 0.3 is 0 Å². The average Bonchev–Trinajstić information content (AvgIpc) is 2.78. The van der Waals surface area contributed by atoms with Gasteiger partial charge in [-0.05, 0) is 36.8 Å². The molecule has 6 heteroatoms. The number of hydrogen-bond acceptors (Lipinski definition) is 5. The van der Waals surface area contributed by atoms with E-state index < -0.39 is 0 Å². The lowest BCUT2D eigenvalue weighted by atomic mass is 10.1. The predicted octanol–water partition coefficient (Wildman–Crippen LogP) is 4.71. The first-order chi connectivity index (χ1) is 15.0. The minimum absolute atomic E-state index is 0.104. The molecular formula is C25H21N3O3. The van der Waals surface area contributed by atoms with Crippen LogP contribution in [0.15, 0.2) is 85.2 Å². The van der Waals surface area contributed by atoms with Crippen LogP contribution in [-0.4, -0.2) is 26.1 Å². The van der Waals surface area contributed by atoms with Crippen LogP contribution >= 0.6 is 0 Å². The summed E-state index contributed by atoms with van der Waals surface area (Å²) in [5, 5.41) is 19.8. The van der Waals surface area contributed by atoms with Crippen molar-refractivity contribution in [2.45, 2.75) is 13.5 Å². The maximum Gasteiger partial charge on any atom is 0.262 e. The van der Waals surface area contributed by atoms with Gasteiger partial charge in [0.15, 0.2) is 0 Å². The quantitative estimate of drug-likeness (QED) is 0.497. The maximum atomic E-state index is 13.4. The molecule has 0 atom stereocenters. The summed E-state index contributed by atoms with van der Waals surface area (Å²) in [6.07, 6.45) is 3.30. The molecule has 1 heterocycles. The number of aromatic hydroxyl groups is 2. The standard InChI is InChI=1S/C25H21N3O3/c1-17-24(27-14-13-26-17)19-7-9-20(10-8-19)28(16-18-5-3-2-4-6-18)25(31)22-12-11-21(29)15-23(22)30/h2-15,29-30H,16H2,1H3. The van der Waals surface area contributed by atoms with Crippen LogP contribution in [0.4, 0.5) is 5.69 Å². The third-order valence-corrected chi connectivity index (χ3v) is 4.97. The molecule has 1 amide bonds. The highest BCUT2D eigenvalue weighted by molar-refractivity contribution is 6.08. The van der Waals surface area contributed by atoms with Gasteiger partial charge in [-0.2, -0.15) is 0 Å².